The van der Waals surface area contributed by atoms with E-state index >= 15 is 0 Å². The van der Waals surface area contributed by atoms with E-state index in [1.165, 1.54) is 0 Å². The van der Waals surface area contributed by atoms with Crippen molar-refractivity contribution >= 4 is 17.8 Å². The van der Waals surface area contributed by atoms with E-state index in [9.17, 15) is 14.4 Å². The maximum absolute atomic E-state index is 13.8. The van der Waals surface area contributed by atoms with Gasteiger partial charge in [-0.3, -0.25) is 14.4 Å². The van der Waals surface area contributed by atoms with Gasteiger partial charge in [-0.15, -0.1) is 0 Å². The molecular formula is C32H41N3O5. The summed E-state index contributed by atoms with van der Waals surface area (Å²) in [5.41, 5.74) is 3.08. The first-order chi connectivity index (χ1) is 19.3. The van der Waals surface area contributed by atoms with Gasteiger partial charge in [0.05, 0.1) is 26.7 Å². The number of hydrogen-bond donors (Lipinski definition) is 0. The molecule has 2 aromatic carbocycles. The Kier molecular flexibility index (Phi) is 11.8. The molecule has 8 nitrogen and oxygen atoms in total. The van der Waals surface area contributed by atoms with Crippen molar-refractivity contribution in [3.8, 4) is 5.75 Å². The van der Waals surface area contributed by atoms with E-state index in [-0.39, 0.29) is 43.8 Å². The van der Waals surface area contributed by atoms with Gasteiger partial charge in [0, 0.05) is 37.4 Å². The van der Waals surface area contributed by atoms with Crippen molar-refractivity contribution in [3.05, 3.63) is 89.7 Å². The number of nitrogens with zero attached hydrogens (tertiary/aromatic N) is 3. The number of aromatic nitrogens is 1. The Morgan fingerprint density at radius 3 is 2.33 bits per heavy atom. The molecule has 214 valence electrons. The Bertz CT molecular complexity index is 1240. The summed E-state index contributed by atoms with van der Waals surface area (Å²) in [5, 5.41) is 0. The number of ether oxygens (including phenoxy) is 2. The highest BCUT2D eigenvalue weighted by Crippen LogP contribution is 2.18. The summed E-state index contributed by atoms with van der Waals surface area (Å²) in [6.45, 7) is 7.29. The van der Waals surface area contributed by atoms with Crippen LogP contribution in [0.25, 0.3) is 0 Å². The lowest BCUT2D eigenvalue weighted by atomic mass is 10.1. The summed E-state index contributed by atoms with van der Waals surface area (Å²) in [6, 6.07) is 21.6. The topological polar surface area (TPSA) is 81.1 Å². The first-order valence-corrected chi connectivity index (χ1v) is 13.9. The molecule has 0 aliphatic carbocycles. The van der Waals surface area contributed by atoms with Crippen LogP contribution >= 0.6 is 0 Å². The largest absolute Gasteiger partial charge is 0.497 e. The van der Waals surface area contributed by atoms with Gasteiger partial charge in [-0.2, -0.15) is 0 Å². The van der Waals surface area contributed by atoms with E-state index in [4.69, 9.17) is 9.47 Å². The Hall–Kier alpha value is -4.07. The molecule has 0 aliphatic rings. The Morgan fingerprint density at radius 2 is 1.62 bits per heavy atom. The molecule has 1 aromatic heterocycles. The molecule has 0 saturated carbocycles. The van der Waals surface area contributed by atoms with Crippen molar-refractivity contribution in [2.45, 2.75) is 65.7 Å². The predicted molar refractivity (Wildman–Crippen MR) is 155 cm³/mol. The van der Waals surface area contributed by atoms with Crippen LogP contribution in [0.2, 0.25) is 0 Å². The second-order valence-electron chi connectivity index (χ2n) is 9.80. The first-order valence-electron chi connectivity index (χ1n) is 13.9. The molecule has 0 fully saturated rings. The number of carbonyl (C=O) groups excluding carboxylic acids is 3. The summed E-state index contributed by atoms with van der Waals surface area (Å²) in [4.78, 5) is 42.2. The number of esters is 1. The van der Waals surface area contributed by atoms with Gasteiger partial charge in [-0.05, 0) is 55.7 Å². The zero-order valence-electron chi connectivity index (χ0n) is 24.0. The number of rotatable bonds is 15. The molecule has 0 N–H and O–H groups in total. The maximum Gasteiger partial charge on any atom is 0.306 e. The summed E-state index contributed by atoms with van der Waals surface area (Å²) in [7, 11) is 1.65. The standard InChI is InChI=1S/C32H41N3O5/c1-5-25(3)35(30(36)17-18-32(38)40-6-2)24-31(37)34(21-26-12-8-7-9-13-26)23-28-15-11-19-33(28)22-27-14-10-16-29(20-27)39-4/h7-16,19-20,25H,5-6,17-18,21-24H2,1-4H3/t25-/m0/s1. The third-order valence-corrected chi connectivity index (χ3v) is 6.93. The fourth-order valence-electron chi connectivity index (χ4n) is 4.49. The third kappa shape index (κ3) is 9.00. The lowest BCUT2D eigenvalue weighted by Gasteiger charge is -2.31. The lowest BCUT2D eigenvalue weighted by molar-refractivity contribution is -0.147. The Balaban J connectivity index is 1.80. The average molecular weight is 548 g/mol. The van der Waals surface area contributed by atoms with Crippen LogP contribution in [0.3, 0.4) is 0 Å². The van der Waals surface area contributed by atoms with E-state index in [1.807, 2.05) is 86.8 Å². The molecule has 0 saturated heterocycles. The minimum atomic E-state index is -0.409. The van der Waals surface area contributed by atoms with Crippen molar-refractivity contribution in [1.29, 1.82) is 0 Å². The van der Waals surface area contributed by atoms with E-state index in [1.54, 1.807) is 23.8 Å². The molecule has 3 rings (SSSR count). The van der Waals surface area contributed by atoms with Gasteiger partial charge >= 0.3 is 5.97 Å². The zero-order valence-corrected chi connectivity index (χ0v) is 24.0. The van der Waals surface area contributed by atoms with Crippen molar-refractivity contribution in [3.63, 3.8) is 0 Å². The van der Waals surface area contributed by atoms with Crippen molar-refractivity contribution in [2.24, 2.45) is 0 Å². The molecule has 1 atom stereocenters. The van der Waals surface area contributed by atoms with Crippen LogP contribution in [0, 0.1) is 0 Å². The van der Waals surface area contributed by atoms with Gasteiger partial charge in [0.25, 0.3) is 0 Å². The van der Waals surface area contributed by atoms with Gasteiger partial charge in [-0.1, -0.05) is 49.4 Å². The molecule has 0 spiro atoms. The van der Waals surface area contributed by atoms with Crippen molar-refractivity contribution in [1.82, 2.24) is 14.4 Å². The number of benzene rings is 2. The molecule has 1 heterocycles. The third-order valence-electron chi connectivity index (χ3n) is 6.93. The molecular weight excluding hydrogens is 506 g/mol. The Morgan fingerprint density at radius 1 is 0.875 bits per heavy atom. The summed E-state index contributed by atoms with van der Waals surface area (Å²) in [5.74, 6) is 0.0122. The molecule has 2 amide bonds. The van der Waals surface area contributed by atoms with Crippen LogP contribution in [0.4, 0.5) is 0 Å². The minimum absolute atomic E-state index is 0.000680. The van der Waals surface area contributed by atoms with Gasteiger partial charge in [0.2, 0.25) is 11.8 Å². The second kappa shape index (κ2) is 15.5. The van der Waals surface area contributed by atoms with Crippen LogP contribution in [-0.4, -0.2) is 58.5 Å². The van der Waals surface area contributed by atoms with Crippen molar-refractivity contribution in [2.75, 3.05) is 20.3 Å². The smallest absolute Gasteiger partial charge is 0.306 e. The van der Waals surface area contributed by atoms with Gasteiger partial charge < -0.3 is 23.8 Å². The fourth-order valence-corrected chi connectivity index (χ4v) is 4.49. The van der Waals surface area contributed by atoms with Crippen LogP contribution < -0.4 is 4.74 Å². The highest BCUT2D eigenvalue weighted by atomic mass is 16.5. The number of carbonyl (C=O) groups is 3. The van der Waals surface area contributed by atoms with E-state index < -0.39 is 5.97 Å². The lowest BCUT2D eigenvalue weighted by Crippen LogP contribution is -2.46. The van der Waals surface area contributed by atoms with E-state index in [0.717, 1.165) is 22.6 Å². The molecule has 3 aromatic rings. The van der Waals surface area contributed by atoms with Crippen molar-refractivity contribution < 1.29 is 23.9 Å². The minimum Gasteiger partial charge on any atom is -0.497 e. The summed E-state index contributed by atoms with van der Waals surface area (Å²) >= 11 is 0. The monoisotopic (exact) mass is 547 g/mol. The van der Waals surface area contributed by atoms with Crippen LogP contribution in [-0.2, 0) is 38.8 Å². The number of hydrogen-bond acceptors (Lipinski definition) is 5. The molecule has 0 unspecified atom stereocenters. The average Bonchev–Trinajstić information content (AvgIpc) is 3.40. The molecule has 0 radical (unpaired) electrons. The maximum atomic E-state index is 13.8. The quantitative estimate of drug-likeness (QED) is 0.249. The predicted octanol–water partition coefficient (Wildman–Crippen LogP) is 5.04. The molecule has 0 bridgehead atoms. The van der Waals surface area contributed by atoms with E-state index in [0.29, 0.717) is 26.1 Å². The highest BCUT2D eigenvalue weighted by Gasteiger charge is 2.26. The summed E-state index contributed by atoms with van der Waals surface area (Å²) < 4.78 is 12.5. The van der Waals surface area contributed by atoms with Gasteiger partial charge in [-0.25, -0.2) is 0 Å². The number of methoxy groups -OCH3 is 1. The van der Waals surface area contributed by atoms with Crippen LogP contribution in [0.5, 0.6) is 5.75 Å². The van der Waals surface area contributed by atoms with Gasteiger partial charge in [0.15, 0.2) is 0 Å². The first kappa shape index (κ1) is 30.5. The Labute approximate surface area is 237 Å². The highest BCUT2D eigenvalue weighted by molar-refractivity contribution is 5.86. The zero-order chi connectivity index (χ0) is 28.9. The molecule has 40 heavy (non-hydrogen) atoms. The molecule has 0 aliphatic heterocycles. The fraction of sp³-hybridized carbons (Fsp3) is 0.406. The van der Waals surface area contributed by atoms with Crippen LogP contribution in [0.15, 0.2) is 72.9 Å². The van der Waals surface area contributed by atoms with Gasteiger partial charge in [0.1, 0.15) is 12.3 Å². The SMILES string of the molecule is CCOC(=O)CCC(=O)N(CC(=O)N(Cc1ccccc1)Cc1cccn1Cc1cccc(OC)c1)[C@@H](C)CC. The summed E-state index contributed by atoms with van der Waals surface area (Å²) in [6.07, 6.45) is 2.71. The second-order valence-corrected chi connectivity index (χ2v) is 9.80. The van der Waals surface area contributed by atoms with E-state index in [2.05, 4.69) is 4.57 Å². The number of amides is 2. The normalized spacial score (nSPS) is 11.5. The van der Waals surface area contributed by atoms with Crippen LogP contribution in [0.1, 0.15) is 56.9 Å². The molecule has 8 heteroatoms.